The molecule has 2 rings (SSSR count). The normalized spacial score (nSPS) is 20.0. The van der Waals surface area contributed by atoms with Crippen molar-refractivity contribution in [3.63, 3.8) is 0 Å². The first-order valence-electron chi connectivity index (χ1n) is 5.30. The fourth-order valence-corrected chi connectivity index (χ4v) is 2.11. The Bertz CT molecular complexity index is 418. The zero-order chi connectivity index (χ0) is 11.7. The number of carbonyl (C=O) groups excluding carboxylic acids is 1. The lowest BCUT2D eigenvalue weighted by Crippen LogP contribution is -2.40. The first-order valence-corrected chi connectivity index (χ1v) is 5.30. The summed E-state index contributed by atoms with van der Waals surface area (Å²) in [6.07, 6.45) is 1.78. The predicted octanol–water partition coefficient (Wildman–Crippen LogP) is 0.305. The number of primary amides is 1. The number of hydrogen-bond acceptors (Lipinski definition) is 4. The summed E-state index contributed by atoms with van der Waals surface area (Å²) in [5.41, 5.74) is 18.7. The summed E-state index contributed by atoms with van der Waals surface area (Å²) in [6, 6.07) is 5.19. The maximum absolute atomic E-state index is 11.3. The Balaban J connectivity index is 2.29. The number of nitrogen functional groups attached to an aromatic ring is 2. The molecule has 1 aliphatic rings. The maximum atomic E-state index is 11.3. The molecule has 1 heterocycles. The van der Waals surface area contributed by atoms with Crippen LogP contribution in [0.5, 0.6) is 0 Å². The highest BCUT2D eigenvalue weighted by Crippen LogP contribution is 2.29. The van der Waals surface area contributed by atoms with Gasteiger partial charge in [-0.2, -0.15) is 0 Å². The van der Waals surface area contributed by atoms with E-state index in [9.17, 15) is 4.79 Å². The molecule has 1 aliphatic heterocycles. The van der Waals surface area contributed by atoms with Crippen molar-refractivity contribution in [3.8, 4) is 0 Å². The van der Waals surface area contributed by atoms with E-state index in [0.29, 0.717) is 11.4 Å². The minimum Gasteiger partial charge on any atom is -0.397 e. The van der Waals surface area contributed by atoms with Crippen molar-refractivity contribution in [3.05, 3.63) is 18.2 Å². The van der Waals surface area contributed by atoms with Gasteiger partial charge in [-0.3, -0.25) is 4.79 Å². The van der Waals surface area contributed by atoms with Gasteiger partial charge in [-0.15, -0.1) is 0 Å². The molecular formula is C11H16N4O. The fraction of sp³-hybridized carbons (Fsp3) is 0.364. The van der Waals surface area contributed by atoms with E-state index < -0.39 is 0 Å². The SMILES string of the molecule is NC(=O)C1CCCN1c1ccc(N)c(N)c1. The molecule has 1 atom stereocenters. The lowest BCUT2D eigenvalue weighted by Gasteiger charge is -2.24. The van der Waals surface area contributed by atoms with Gasteiger partial charge in [0, 0.05) is 12.2 Å². The zero-order valence-corrected chi connectivity index (χ0v) is 9.02. The molecule has 1 fully saturated rings. The maximum Gasteiger partial charge on any atom is 0.240 e. The molecule has 0 radical (unpaired) electrons. The Kier molecular flexibility index (Phi) is 2.60. The van der Waals surface area contributed by atoms with Crippen molar-refractivity contribution in [2.45, 2.75) is 18.9 Å². The number of anilines is 3. The topological polar surface area (TPSA) is 98.4 Å². The largest absolute Gasteiger partial charge is 0.397 e. The average Bonchev–Trinajstić information content (AvgIpc) is 2.71. The van der Waals surface area contributed by atoms with Crippen LogP contribution in [0.15, 0.2) is 18.2 Å². The number of amides is 1. The second-order valence-electron chi connectivity index (χ2n) is 4.07. The van der Waals surface area contributed by atoms with Crippen LogP contribution in [0.4, 0.5) is 17.1 Å². The third-order valence-corrected chi connectivity index (χ3v) is 2.98. The summed E-state index contributed by atoms with van der Waals surface area (Å²) in [6.45, 7) is 0.830. The second-order valence-corrected chi connectivity index (χ2v) is 4.07. The smallest absolute Gasteiger partial charge is 0.240 e. The van der Waals surface area contributed by atoms with Crippen molar-refractivity contribution in [1.29, 1.82) is 0 Å². The summed E-state index contributed by atoms with van der Waals surface area (Å²) in [7, 11) is 0. The molecular weight excluding hydrogens is 204 g/mol. The van der Waals surface area contributed by atoms with Gasteiger partial charge in [0.2, 0.25) is 5.91 Å². The molecule has 0 aliphatic carbocycles. The molecule has 5 nitrogen and oxygen atoms in total. The van der Waals surface area contributed by atoms with E-state index in [1.54, 1.807) is 12.1 Å². The Hall–Kier alpha value is -1.91. The van der Waals surface area contributed by atoms with Crippen molar-refractivity contribution < 1.29 is 4.79 Å². The molecule has 0 bridgehead atoms. The highest BCUT2D eigenvalue weighted by Gasteiger charge is 2.29. The zero-order valence-electron chi connectivity index (χ0n) is 9.02. The molecule has 6 N–H and O–H groups in total. The Morgan fingerprint density at radius 1 is 1.31 bits per heavy atom. The number of benzene rings is 1. The molecule has 86 valence electrons. The van der Waals surface area contributed by atoms with Crippen LogP contribution in [0.3, 0.4) is 0 Å². The van der Waals surface area contributed by atoms with Gasteiger partial charge < -0.3 is 22.1 Å². The van der Waals surface area contributed by atoms with Gasteiger partial charge in [0.1, 0.15) is 6.04 Å². The average molecular weight is 220 g/mol. The van der Waals surface area contributed by atoms with E-state index in [-0.39, 0.29) is 11.9 Å². The van der Waals surface area contributed by atoms with Crippen molar-refractivity contribution in [2.75, 3.05) is 22.9 Å². The van der Waals surface area contributed by atoms with Gasteiger partial charge >= 0.3 is 0 Å². The second kappa shape index (κ2) is 3.92. The minimum absolute atomic E-state index is 0.219. The summed E-state index contributed by atoms with van der Waals surface area (Å²) in [5, 5.41) is 0. The first kappa shape index (κ1) is 10.6. The Morgan fingerprint density at radius 2 is 2.06 bits per heavy atom. The number of nitrogens with zero attached hydrogens (tertiary/aromatic N) is 1. The third-order valence-electron chi connectivity index (χ3n) is 2.98. The first-order chi connectivity index (χ1) is 7.59. The fourth-order valence-electron chi connectivity index (χ4n) is 2.11. The monoisotopic (exact) mass is 220 g/mol. The van der Waals surface area contributed by atoms with Crippen LogP contribution < -0.4 is 22.1 Å². The van der Waals surface area contributed by atoms with E-state index in [2.05, 4.69) is 0 Å². The van der Waals surface area contributed by atoms with Gasteiger partial charge in [-0.1, -0.05) is 0 Å². The molecule has 0 spiro atoms. The highest BCUT2D eigenvalue weighted by atomic mass is 16.1. The predicted molar refractivity (Wildman–Crippen MR) is 64.8 cm³/mol. The molecule has 5 heteroatoms. The van der Waals surface area contributed by atoms with Crippen LogP contribution in [0.25, 0.3) is 0 Å². The van der Waals surface area contributed by atoms with E-state index >= 15 is 0 Å². The molecule has 0 aromatic heterocycles. The molecule has 1 saturated heterocycles. The standard InChI is InChI=1S/C11H16N4O/c12-8-4-3-7(6-9(8)13)15-5-1-2-10(15)11(14)16/h3-4,6,10H,1-2,5,12-13H2,(H2,14,16). The summed E-state index contributed by atoms with van der Waals surface area (Å²) in [4.78, 5) is 13.2. The molecule has 16 heavy (non-hydrogen) atoms. The number of hydrogen-bond donors (Lipinski definition) is 3. The van der Waals surface area contributed by atoms with Crippen LogP contribution in [0.2, 0.25) is 0 Å². The van der Waals surface area contributed by atoms with E-state index in [4.69, 9.17) is 17.2 Å². The summed E-state index contributed by atoms with van der Waals surface area (Å²) < 4.78 is 0. The number of carbonyl (C=O) groups is 1. The summed E-state index contributed by atoms with van der Waals surface area (Å²) in [5.74, 6) is -0.284. The Labute approximate surface area is 94.2 Å². The molecule has 1 unspecified atom stereocenters. The molecule has 1 aromatic rings. The van der Waals surface area contributed by atoms with Gasteiger partial charge in [-0.05, 0) is 31.0 Å². The minimum atomic E-state index is -0.284. The summed E-state index contributed by atoms with van der Waals surface area (Å²) >= 11 is 0. The van der Waals surface area contributed by atoms with Crippen molar-refractivity contribution >= 4 is 23.0 Å². The van der Waals surface area contributed by atoms with Crippen LogP contribution >= 0.6 is 0 Å². The van der Waals surface area contributed by atoms with Gasteiger partial charge in [0.15, 0.2) is 0 Å². The van der Waals surface area contributed by atoms with Crippen LogP contribution in [0.1, 0.15) is 12.8 Å². The number of rotatable bonds is 2. The van der Waals surface area contributed by atoms with Crippen molar-refractivity contribution in [2.24, 2.45) is 5.73 Å². The van der Waals surface area contributed by atoms with Crippen molar-refractivity contribution in [1.82, 2.24) is 0 Å². The number of nitrogens with two attached hydrogens (primary N) is 3. The molecule has 0 saturated carbocycles. The third kappa shape index (κ3) is 1.76. The van der Waals surface area contributed by atoms with Crippen LogP contribution in [-0.4, -0.2) is 18.5 Å². The van der Waals surface area contributed by atoms with Gasteiger partial charge in [0.25, 0.3) is 0 Å². The molecule has 1 aromatic carbocycles. The lowest BCUT2D eigenvalue weighted by atomic mass is 10.2. The van der Waals surface area contributed by atoms with E-state index in [1.165, 1.54) is 0 Å². The quantitative estimate of drug-likeness (QED) is 0.624. The van der Waals surface area contributed by atoms with Gasteiger partial charge in [-0.25, -0.2) is 0 Å². The van der Waals surface area contributed by atoms with E-state index in [1.807, 2.05) is 11.0 Å². The van der Waals surface area contributed by atoms with Crippen LogP contribution in [-0.2, 0) is 4.79 Å². The van der Waals surface area contributed by atoms with E-state index in [0.717, 1.165) is 25.1 Å². The Morgan fingerprint density at radius 3 is 2.69 bits per heavy atom. The lowest BCUT2D eigenvalue weighted by molar-refractivity contribution is -0.119. The highest BCUT2D eigenvalue weighted by molar-refractivity contribution is 5.85. The van der Waals surface area contributed by atoms with Gasteiger partial charge in [0.05, 0.1) is 11.4 Å². The van der Waals surface area contributed by atoms with Crippen LogP contribution in [0, 0.1) is 0 Å². The molecule has 1 amide bonds.